The third-order valence-corrected chi connectivity index (χ3v) is 6.92. The lowest BCUT2D eigenvalue weighted by Gasteiger charge is -2.36. The van der Waals surface area contributed by atoms with Gasteiger partial charge in [0, 0.05) is 48.7 Å². The van der Waals surface area contributed by atoms with Gasteiger partial charge in [-0.25, -0.2) is 0 Å². The summed E-state index contributed by atoms with van der Waals surface area (Å²) in [5, 5.41) is 11.3. The van der Waals surface area contributed by atoms with Gasteiger partial charge < -0.3 is 19.5 Å². The molecule has 0 atom stereocenters. The zero-order valence-electron chi connectivity index (χ0n) is 20.5. The SMILES string of the molecule is Cc1cccc(C(=O)N2CCN(c3ccc(NC(=O)CSc4nnc(-c5ccccc5)o4)cc3)CC2)c1. The van der Waals surface area contributed by atoms with Crippen LogP contribution in [0.3, 0.4) is 0 Å². The Labute approximate surface area is 219 Å². The fraction of sp³-hybridized carbons (Fsp3) is 0.214. The Kier molecular flexibility index (Phi) is 7.51. The van der Waals surface area contributed by atoms with Crippen LogP contribution in [0.2, 0.25) is 0 Å². The number of aromatic nitrogens is 2. The number of rotatable bonds is 7. The molecule has 1 N–H and O–H groups in total. The van der Waals surface area contributed by atoms with E-state index in [1.54, 1.807) is 0 Å². The zero-order chi connectivity index (χ0) is 25.6. The molecule has 4 aromatic rings. The highest BCUT2D eigenvalue weighted by atomic mass is 32.2. The molecule has 8 nitrogen and oxygen atoms in total. The van der Waals surface area contributed by atoms with Crippen LogP contribution in [0, 0.1) is 6.92 Å². The number of piperazine rings is 1. The van der Waals surface area contributed by atoms with Crippen molar-refractivity contribution in [3.63, 3.8) is 0 Å². The molecule has 1 aromatic heterocycles. The minimum Gasteiger partial charge on any atom is -0.411 e. The van der Waals surface area contributed by atoms with Crippen LogP contribution in [0.25, 0.3) is 11.5 Å². The molecule has 37 heavy (non-hydrogen) atoms. The quantitative estimate of drug-likeness (QED) is 0.357. The Morgan fingerprint density at radius 3 is 2.41 bits per heavy atom. The highest BCUT2D eigenvalue weighted by Crippen LogP contribution is 2.24. The van der Waals surface area contributed by atoms with Gasteiger partial charge >= 0.3 is 0 Å². The van der Waals surface area contributed by atoms with Gasteiger partial charge in [-0.15, -0.1) is 10.2 Å². The van der Waals surface area contributed by atoms with Crippen molar-refractivity contribution in [1.82, 2.24) is 15.1 Å². The van der Waals surface area contributed by atoms with Gasteiger partial charge in [0.25, 0.3) is 11.1 Å². The van der Waals surface area contributed by atoms with Gasteiger partial charge in [-0.2, -0.15) is 0 Å². The summed E-state index contributed by atoms with van der Waals surface area (Å²) in [6.45, 7) is 4.85. The molecule has 2 heterocycles. The van der Waals surface area contributed by atoms with Crippen molar-refractivity contribution in [2.45, 2.75) is 12.1 Å². The Morgan fingerprint density at radius 2 is 1.68 bits per heavy atom. The lowest BCUT2D eigenvalue weighted by molar-refractivity contribution is -0.113. The van der Waals surface area contributed by atoms with E-state index in [2.05, 4.69) is 20.4 Å². The summed E-state index contributed by atoms with van der Waals surface area (Å²) in [5.74, 6) is 0.519. The molecule has 5 rings (SSSR count). The number of anilines is 2. The van der Waals surface area contributed by atoms with E-state index in [0.717, 1.165) is 41.2 Å². The molecule has 1 fully saturated rings. The second kappa shape index (κ2) is 11.3. The van der Waals surface area contributed by atoms with Crippen LogP contribution in [0.1, 0.15) is 15.9 Å². The van der Waals surface area contributed by atoms with E-state index in [-0.39, 0.29) is 17.6 Å². The average Bonchev–Trinajstić information content (AvgIpc) is 3.42. The molecule has 1 aliphatic heterocycles. The van der Waals surface area contributed by atoms with Gasteiger partial charge in [0.1, 0.15) is 0 Å². The largest absolute Gasteiger partial charge is 0.411 e. The summed E-state index contributed by atoms with van der Waals surface area (Å²) < 4.78 is 5.64. The Morgan fingerprint density at radius 1 is 0.919 bits per heavy atom. The molecule has 0 spiro atoms. The first-order valence-corrected chi connectivity index (χ1v) is 13.1. The molecule has 9 heteroatoms. The van der Waals surface area contributed by atoms with Crippen LogP contribution in [0.4, 0.5) is 11.4 Å². The van der Waals surface area contributed by atoms with E-state index in [0.29, 0.717) is 24.2 Å². The molecule has 0 bridgehead atoms. The van der Waals surface area contributed by atoms with E-state index >= 15 is 0 Å². The van der Waals surface area contributed by atoms with Crippen LogP contribution in [-0.2, 0) is 4.79 Å². The molecule has 3 aromatic carbocycles. The van der Waals surface area contributed by atoms with E-state index in [9.17, 15) is 9.59 Å². The zero-order valence-corrected chi connectivity index (χ0v) is 21.3. The number of amides is 2. The van der Waals surface area contributed by atoms with E-state index in [1.807, 2.05) is 90.7 Å². The number of hydrogen-bond acceptors (Lipinski definition) is 7. The summed E-state index contributed by atoms with van der Waals surface area (Å²) >= 11 is 1.20. The standard InChI is InChI=1S/C28H27N5O3S/c1-20-6-5-9-22(18-20)27(35)33-16-14-32(15-17-33)24-12-10-23(11-13-24)29-25(34)19-37-28-31-30-26(36-28)21-7-3-2-4-8-21/h2-13,18H,14-17,19H2,1H3,(H,29,34). The number of nitrogens with one attached hydrogen (secondary N) is 1. The van der Waals surface area contributed by atoms with Crippen LogP contribution in [-0.4, -0.2) is 58.8 Å². The molecular formula is C28H27N5O3S. The summed E-state index contributed by atoms with van der Waals surface area (Å²) in [6.07, 6.45) is 0. The van der Waals surface area contributed by atoms with Crippen molar-refractivity contribution in [2.75, 3.05) is 42.1 Å². The lowest BCUT2D eigenvalue weighted by Crippen LogP contribution is -2.48. The second-order valence-corrected chi connectivity index (χ2v) is 9.70. The van der Waals surface area contributed by atoms with Crippen molar-refractivity contribution in [2.24, 2.45) is 0 Å². The minimum atomic E-state index is -0.152. The van der Waals surface area contributed by atoms with Gasteiger partial charge in [0.15, 0.2) is 0 Å². The topological polar surface area (TPSA) is 91.6 Å². The summed E-state index contributed by atoms with van der Waals surface area (Å²) in [7, 11) is 0. The van der Waals surface area contributed by atoms with Crippen LogP contribution >= 0.6 is 11.8 Å². The predicted octanol–water partition coefficient (Wildman–Crippen LogP) is 4.74. The highest BCUT2D eigenvalue weighted by molar-refractivity contribution is 7.99. The van der Waals surface area contributed by atoms with Crippen LogP contribution < -0.4 is 10.2 Å². The molecule has 2 amide bonds. The van der Waals surface area contributed by atoms with Crippen LogP contribution in [0.15, 0.2) is 88.5 Å². The van der Waals surface area contributed by atoms with Gasteiger partial charge in [0.2, 0.25) is 11.8 Å². The van der Waals surface area contributed by atoms with Crippen molar-refractivity contribution in [3.05, 3.63) is 90.0 Å². The molecular weight excluding hydrogens is 486 g/mol. The van der Waals surface area contributed by atoms with Gasteiger partial charge in [-0.3, -0.25) is 9.59 Å². The number of benzene rings is 3. The Hall–Kier alpha value is -4.11. The molecule has 1 aliphatic rings. The predicted molar refractivity (Wildman–Crippen MR) is 145 cm³/mol. The van der Waals surface area contributed by atoms with Crippen molar-refractivity contribution in [1.29, 1.82) is 0 Å². The smallest absolute Gasteiger partial charge is 0.277 e. The summed E-state index contributed by atoms with van der Waals surface area (Å²) in [4.78, 5) is 29.4. The Bertz CT molecular complexity index is 1370. The maximum Gasteiger partial charge on any atom is 0.277 e. The summed E-state index contributed by atoms with van der Waals surface area (Å²) in [6, 6.07) is 25.0. The van der Waals surface area contributed by atoms with Gasteiger partial charge in [-0.05, 0) is 55.5 Å². The first-order chi connectivity index (χ1) is 18.0. The third-order valence-electron chi connectivity index (χ3n) is 6.10. The third kappa shape index (κ3) is 6.18. The van der Waals surface area contributed by atoms with Gasteiger partial charge in [-0.1, -0.05) is 47.7 Å². The average molecular weight is 514 g/mol. The van der Waals surface area contributed by atoms with Gasteiger partial charge in [0.05, 0.1) is 5.75 Å². The number of aryl methyl sites for hydroxylation is 1. The maximum absolute atomic E-state index is 12.8. The number of hydrogen-bond donors (Lipinski definition) is 1. The molecule has 1 saturated heterocycles. The van der Waals surface area contributed by atoms with Crippen molar-refractivity contribution in [3.8, 4) is 11.5 Å². The maximum atomic E-state index is 12.8. The van der Waals surface area contributed by atoms with Crippen molar-refractivity contribution < 1.29 is 14.0 Å². The first-order valence-electron chi connectivity index (χ1n) is 12.1. The Balaban J connectivity index is 1.09. The highest BCUT2D eigenvalue weighted by Gasteiger charge is 2.22. The van der Waals surface area contributed by atoms with E-state index in [4.69, 9.17) is 4.42 Å². The number of carbonyl (C=O) groups excluding carboxylic acids is 2. The number of thioether (sulfide) groups is 1. The minimum absolute atomic E-state index is 0.0797. The second-order valence-electron chi connectivity index (χ2n) is 8.77. The van der Waals surface area contributed by atoms with E-state index in [1.165, 1.54) is 11.8 Å². The fourth-order valence-corrected chi connectivity index (χ4v) is 4.74. The number of carbonyl (C=O) groups is 2. The number of nitrogens with zero attached hydrogens (tertiary/aromatic N) is 4. The fourth-order valence-electron chi connectivity index (χ4n) is 4.17. The lowest BCUT2D eigenvalue weighted by atomic mass is 10.1. The summed E-state index contributed by atoms with van der Waals surface area (Å²) in [5.41, 5.74) is 4.45. The van der Waals surface area contributed by atoms with Crippen LogP contribution in [0.5, 0.6) is 0 Å². The molecule has 0 unspecified atom stereocenters. The molecule has 0 saturated carbocycles. The monoisotopic (exact) mass is 513 g/mol. The molecule has 188 valence electrons. The molecule has 0 aliphatic carbocycles. The normalized spacial score (nSPS) is 13.4. The van der Waals surface area contributed by atoms with Crippen molar-refractivity contribution >= 4 is 35.0 Å². The molecule has 0 radical (unpaired) electrons. The van der Waals surface area contributed by atoms with E-state index < -0.39 is 0 Å². The first kappa shape index (κ1) is 24.6.